The van der Waals surface area contributed by atoms with Crippen molar-refractivity contribution in [1.29, 1.82) is 0 Å². The molecule has 25 heavy (non-hydrogen) atoms. The molecule has 1 saturated heterocycles. The Labute approximate surface area is 158 Å². The minimum Gasteiger partial charge on any atom is -0.340 e. The van der Waals surface area contributed by atoms with Gasteiger partial charge in [-0.2, -0.15) is 4.31 Å². The number of amides is 1. The van der Waals surface area contributed by atoms with Crippen molar-refractivity contribution in [2.45, 2.75) is 24.2 Å². The minimum absolute atomic E-state index is 0.100. The van der Waals surface area contributed by atoms with E-state index in [4.69, 9.17) is 23.2 Å². The third kappa shape index (κ3) is 4.19. The lowest BCUT2D eigenvalue weighted by molar-refractivity contribution is -0.133. The molecule has 1 aliphatic heterocycles. The molecule has 1 atom stereocenters. The fraction of sp³-hybridized carbons (Fsp3) is 0.471. The Bertz CT molecular complexity index is 787. The van der Waals surface area contributed by atoms with Crippen LogP contribution in [0.4, 0.5) is 0 Å². The molecule has 0 aromatic heterocycles. The maximum absolute atomic E-state index is 12.7. The zero-order valence-electron chi connectivity index (χ0n) is 13.7. The highest BCUT2D eigenvalue weighted by Crippen LogP contribution is 2.27. The number of hydrogen-bond donors (Lipinski definition) is 0. The second-order valence-electron chi connectivity index (χ2n) is 6.33. The van der Waals surface area contributed by atoms with Crippen LogP contribution in [0.1, 0.15) is 19.3 Å². The fourth-order valence-corrected chi connectivity index (χ4v) is 4.99. The Balaban J connectivity index is 1.61. The highest BCUT2D eigenvalue weighted by Gasteiger charge is 2.31. The predicted octanol–water partition coefficient (Wildman–Crippen LogP) is 3.18. The molecular formula is C17H20Cl2N2O3S. The van der Waals surface area contributed by atoms with Gasteiger partial charge in [-0.05, 0) is 37.0 Å². The lowest BCUT2D eigenvalue weighted by Gasteiger charge is -2.34. The Morgan fingerprint density at radius 3 is 2.44 bits per heavy atom. The van der Waals surface area contributed by atoms with Gasteiger partial charge in [-0.1, -0.05) is 35.4 Å². The summed E-state index contributed by atoms with van der Waals surface area (Å²) in [6, 6.07) is 4.29. The Morgan fingerprint density at radius 2 is 1.84 bits per heavy atom. The van der Waals surface area contributed by atoms with Crippen LogP contribution in [0.15, 0.2) is 35.2 Å². The fourth-order valence-electron chi connectivity index (χ4n) is 3.18. The summed E-state index contributed by atoms with van der Waals surface area (Å²) in [6.45, 7) is 1.40. The van der Waals surface area contributed by atoms with Crippen molar-refractivity contribution < 1.29 is 13.2 Å². The molecule has 1 aromatic carbocycles. The molecule has 0 radical (unpaired) electrons. The van der Waals surface area contributed by atoms with Crippen LogP contribution in [0.2, 0.25) is 10.0 Å². The summed E-state index contributed by atoms with van der Waals surface area (Å²) in [5.74, 6) is 0.425. The van der Waals surface area contributed by atoms with Crippen molar-refractivity contribution in [3.05, 3.63) is 40.4 Å². The third-order valence-electron chi connectivity index (χ3n) is 4.67. The van der Waals surface area contributed by atoms with Gasteiger partial charge in [-0.3, -0.25) is 4.79 Å². The molecule has 1 fully saturated rings. The average molecular weight is 403 g/mol. The van der Waals surface area contributed by atoms with E-state index in [0.717, 1.165) is 12.8 Å². The SMILES string of the molecule is O=C(C[C@@H]1C=CCC1)N1CCN(S(=O)(=O)c2ccc(Cl)c(Cl)c2)CC1. The van der Waals surface area contributed by atoms with Gasteiger partial charge in [0.05, 0.1) is 14.9 Å². The summed E-state index contributed by atoms with van der Waals surface area (Å²) in [7, 11) is -3.63. The molecule has 2 aliphatic rings. The van der Waals surface area contributed by atoms with Gasteiger partial charge in [0.25, 0.3) is 0 Å². The summed E-state index contributed by atoms with van der Waals surface area (Å²) in [5.41, 5.74) is 0. The zero-order chi connectivity index (χ0) is 18.0. The van der Waals surface area contributed by atoms with Crippen LogP contribution in [0, 0.1) is 5.92 Å². The number of rotatable bonds is 4. The van der Waals surface area contributed by atoms with Gasteiger partial charge < -0.3 is 4.90 Å². The molecule has 0 saturated carbocycles. The first kappa shape index (κ1) is 18.7. The molecule has 1 aromatic rings. The molecule has 1 aliphatic carbocycles. The van der Waals surface area contributed by atoms with Gasteiger partial charge in [0.2, 0.25) is 15.9 Å². The molecule has 1 amide bonds. The van der Waals surface area contributed by atoms with E-state index in [9.17, 15) is 13.2 Å². The van der Waals surface area contributed by atoms with Crippen LogP contribution >= 0.6 is 23.2 Å². The number of sulfonamides is 1. The van der Waals surface area contributed by atoms with Gasteiger partial charge >= 0.3 is 0 Å². The first-order chi connectivity index (χ1) is 11.9. The summed E-state index contributed by atoms with van der Waals surface area (Å²) in [6.07, 6.45) is 6.78. The molecule has 136 valence electrons. The molecule has 0 N–H and O–H groups in total. The molecule has 0 bridgehead atoms. The maximum Gasteiger partial charge on any atom is 0.243 e. The summed E-state index contributed by atoms with van der Waals surface area (Å²) in [5, 5.41) is 0.526. The van der Waals surface area contributed by atoms with Gasteiger partial charge in [0.1, 0.15) is 0 Å². The van der Waals surface area contributed by atoms with Gasteiger partial charge in [0.15, 0.2) is 0 Å². The molecule has 0 unspecified atom stereocenters. The molecule has 5 nitrogen and oxygen atoms in total. The summed E-state index contributed by atoms with van der Waals surface area (Å²) in [4.78, 5) is 14.2. The van der Waals surface area contributed by atoms with Crippen molar-refractivity contribution in [3.8, 4) is 0 Å². The highest BCUT2D eigenvalue weighted by atomic mass is 35.5. The van der Waals surface area contributed by atoms with Crippen molar-refractivity contribution in [2.75, 3.05) is 26.2 Å². The standard InChI is InChI=1S/C17H20Cl2N2O3S/c18-15-6-5-14(12-16(15)19)25(23,24)21-9-7-20(8-10-21)17(22)11-13-3-1-2-4-13/h1,3,5-6,12-13H,2,4,7-11H2/t13-/m1/s1. The Hall–Kier alpha value is -1.08. The zero-order valence-corrected chi connectivity index (χ0v) is 16.0. The second-order valence-corrected chi connectivity index (χ2v) is 9.08. The monoisotopic (exact) mass is 402 g/mol. The van der Waals surface area contributed by atoms with E-state index in [1.807, 2.05) is 0 Å². The number of carbonyl (C=O) groups excluding carboxylic acids is 1. The molecule has 0 spiro atoms. The number of piperazine rings is 1. The van der Waals surface area contributed by atoms with Crippen molar-refractivity contribution in [3.63, 3.8) is 0 Å². The first-order valence-electron chi connectivity index (χ1n) is 8.27. The summed E-state index contributed by atoms with van der Waals surface area (Å²) < 4.78 is 26.8. The van der Waals surface area contributed by atoms with Crippen LogP contribution in [-0.2, 0) is 14.8 Å². The molecule has 8 heteroatoms. The predicted molar refractivity (Wildman–Crippen MR) is 98.3 cm³/mol. The maximum atomic E-state index is 12.7. The Morgan fingerprint density at radius 1 is 1.12 bits per heavy atom. The quantitative estimate of drug-likeness (QED) is 0.726. The first-order valence-corrected chi connectivity index (χ1v) is 10.5. The van der Waals surface area contributed by atoms with Crippen LogP contribution in [0.25, 0.3) is 0 Å². The number of hydrogen-bond acceptors (Lipinski definition) is 3. The van der Waals surface area contributed by atoms with E-state index in [1.54, 1.807) is 4.90 Å². The summed E-state index contributed by atoms with van der Waals surface area (Å²) >= 11 is 11.8. The van der Waals surface area contributed by atoms with E-state index in [-0.39, 0.29) is 28.9 Å². The number of allylic oxidation sites excluding steroid dienone is 2. The van der Waals surface area contributed by atoms with E-state index in [1.165, 1.54) is 22.5 Å². The highest BCUT2D eigenvalue weighted by molar-refractivity contribution is 7.89. The largest absolute Gasteiger partial charge is 0.340 e. The number of benzene rings is 1. The van der Waals surface area contributed by atoms with E-state index in [0.29, 0.717) is 30.5 Å². The number of halogens is 2. The number of carbonyl (C=O) groups is 1. The van der Waals surface area contributed by atoms with Crippen molar-refractivity contribution in [2.24, 2.45) is 5.92 Å². The van der Waals surface area contributed by atoms with Crippen LogP contribution in [0.3, 0.4) is 0 Å². The molecule has 1 heterocycles. The Kier molecular flexibility index (Phi) is 5.73. The van der Waals surface area contributed by atoms with E-state index >= 15 is 0 Å². The van der Waals surface area contributed by atoms with Crippen LogP contribution in [0.5, 0.6) is 0 Å². The number of nitrogens with zero attached hydrogens (tertiary/aromatic N) is 2. The van der Waals surface area contributed by atoms with Crippen molar-refractivity contribution >= 4 is 39.1 Å². The van der Waals surface area contributed by atoms with E-state index in [2.05, 4.69) is 12.2 Å². The lowest BCUT2D eigenvalue weighted by atomic mass is 10.0. The van der Waals surface area contributed by atoms with Gasteiger partial charge in [0, 0.05) is 32.6 Å². The van der Waals surface area contributed by atoms with E-state index < -0.39 is 10.0 Å². The van der Waals surface area contributed by atoms with Gasteiger partial charge in [-0.15, -0.1) is 0 Å². The smallest absolute Gasteiger partial charge is 0.243 e. The van der Waals surface area contributed by atoms with Gasteiger partial charge in [-0.25, -0.2) is 8.42 Å². The minimum atomic E-state index is -3.63. The lowest BCUT2D eigenvalue weighted by Crippen LogP contribution is -2.50. The second kappa shape index (κ2) is 7.66. The van der Waals surface area contributed by atoms with Crippen LogP contribution < -0.4 is 0 Å². The normalized spacial score (nSPS) is 21.7. The molecule has 3 rings (SSSR count). The van der Waals surface area contributed by atoms with Crippen molar-refractivity contribution in [1.82, 2.24) is 9.21 Å². The molecular weight excluding hydrogens is 383 g/mol. The average Bonchev–Trinajstić information content (AvgIpc) is 3.10. The topological polar surface area (TPSA) is 57.7 Å². The third-order valence-corrected chi connectivity index (χ3v) is 7.30. The van der Waals surface area contributed by atoms with Crippen LogP contribution in [-0.4, -0.2) is 49.7 Å².